The van der Waals surface area contributed by atoms with Gasteiger partial charge in [-0.3, -0.25) is 0 Å². The van der Waals surface area contributed by atoms with E-state index in [9.17, 15) is 4.79 Å². The van der Waals surface area contributed by atoms with Crippen LogP contribution >= 0.6 is 0 Å². The first-order chi connectivity index (χ1) is 7.09. The number of hydrogen-bond donors (Lipinski definition) is 1. The number of nitrogens with two attached hydrogens (primary N) is 1. The molecular weight excluding hydrogens is 192 g/mol. The third-order valence-electron chi connectivity index (χ3n) is 2.81. The largest absolute Gasteiger partial charge is 0.351 e. The first kappa shape index (κ1) is 10.0. The van der Waals surface area contributed by atoms with E-state index < -0.39 is 0 Å². The summed E-state index contributed by atoms with van der Waals surface area (Å²) in [5, 5.41) is 0. The zero-order chi connectivity index (χ0) is 11.0. The highest BCUT2D eigenvalue weighted by molar-refractivity contribution is 5.72. The summed E-state index contributed by atoms with van der Waals surface area (Å²) in [5.41, 5.74) is 7.46. The molecule has 0 spiro atoms. The van der Waals surface area contributed by atoms with Crippen molar-refractivity contribution in [3.8, 4) is 0 Å². The Balaban J connectivity index is 2.26. The second-order valence-electron chi connectivity index (χ2n) is 4.15. The summed E-state index contributed by atoms with van der Waals surface area (Å²) >= 11 is 0. The third-order valence-corrected chi connectivity index (χ3v) is 2.81. The van der Waals surface area contributed by atoms with Gasteiger partial charge < -0.3 is 15.2 Å². The highest BCUT2D eigenvalue weighted by Crippen LogP contribution is 2.20. The maximum atomic E-state index is 11.0. The number of carbonyl (C=O) groups excluding carboxylic acids is 1. The molecular formula is C10H16N4O. The molecule has 5 heteroatoms. The second-order valence-corrected chi connectivity index (χ2v) is 4.15. The van der Waals surface area contributed by atoms with Crippen LogP contribution in [0.15, 0.2) is 6.33 Å². The molecule has 0 atom stereocenters. The molecule has 82 valence electrons. The van der Waals surface area contributed by atoms with Gasteiger partial charge in [-0.15, -0.1) is 0 Å². The van der Waals surface area contributed by atoms with Crippen molar-refractivity contribution in [2.24, 2.45) is 5.73 Å². The van der Waals surface area contributed by atoms with Gasteiger partial charge in [-0.25, -0.2) is 9.78 Å². The molecule has 1 aromatic rings. The first-order valence-electron chi connectivity index (χ1n) is 5.18. The zero-order valence-electron chi connectivity index (χ0n) is 9.10. The smallest absolute Gasteiger partial charge is 0.315 e. The van der Waals surface area contributed by atoms with E-state index in [-0.39, 0.29) is 6.03 Å². The zero-order valence-corrected chi connectivity index (χ0v) is 9.10. The minimum Gasteiger partial charge on any atom is -0.351 e. The van der Waals surface area contributed by atoms with Crippen LogP contribution in [0.1, 0.15) is 31.3 Å². The van der Waals surface area contributed by atoms with Crippen LogP contribution in [0, 0.1) is 0 Å². The predicted octanol–water partition coefficient (Wildman–Crippen LogP) is 0.901. The maximum absolute atomic E-state index is 11.0. The number of primary amides is 1. The molecule has 2 rings (SSSR count). The lowest BCUT2D eigenvalue weighted by Gasteiger charge is -2.26. The van der Waals surface area contributed by atoms with Gasteiger partial charge in [0.1, 0.15) is 0 Å². The van der Waals surface area contributed by atoms with Crippen LogP contribution < -0.4 is 5.73 Å². The van der Waals surface area contributed by atoms with Gasteiger partial charge in [0.05, 0.1) is 18.6 Å². The Morgan fingerprint density at radius 3 is 2.93 bits per heavy atom. The summed E-state index contributed by atoms with van der Waals surface area (Å²) in [5.74, 6) is 0. The van der Waals surface area contributed by atoms with Gasteiger partial charge in [0.15, 0.2) is 0 Å². The lowest BCUT2D eigenvalue weighted by atomic mass is 10.1. The van der Waals surface area contributed by atoms with Crippen molar-refractivity contribution in [2.75, 3.05) is 6.54 Å². The van der Waals surface area contributed by atoms with Crippen molar-refractivity contribution in [2.45, 2.75) is 32.9 Å². The van der Waals surface area contributed by atoms with Crippen LogP contribution in [0.4, 0.5) is 4.79 Å². The molecule has 0 bridgehead atoms. The number of amides is 2. The van der Waals surface area contributed by atoms with E-state index in [0.29, 0.717) is 19.1 Å². The Kier molecular flexibility index (Phi) is 2.38. The number of nitrogens with zero attached hydrogens (tertiary/aromatic N) is 3. The number of urea groups is 1. The molecule has 5 nitrogen and oxygen atoms in total. The van der Waals surface area contributed by atoms with Gasteiger partial charge in [0, 0.05) is 24.7 Å². The lowest BCUT2D eigenvalue weighted by Crippen LogP contribution is -2.40. The molecule has 0 radical (unpaired) electrons. The molecule has 1 aliphatic rings. The summed E-state index contributed by atoms with van der Waals surface area (Å²) in [6, 6.07) is 0.0566. The SMILES string of the molecule is CC(C)n1cnc2c1CCN(C(N)=O)C2. The van der Waals surface area contributed by atoms with E-state index in [2.05, 4.69) is 23.4 Å². The maximum Gasteiger partial charge on any atom is 0.315 e. The van der Waals surface area contributed by atoms with Gasteiger partial charge in [0.2, 0.25) is 0 Å². The summed E-state index contributed by atoms with van der Waals surface area (Å²) < 4.78 is 2.16. The van der Waals surface area contributed by atoms with Gasteiger partial charge in [-0.1, -0.05) is 0 Å². The summed E-state index contributed by atoms with van der Waals surface area (Å²) in [6.07, 6.45) is 2.69. The molecule has 0 saturated heterocycles. The quantitative estimate of drug-likeness (QED) is 0.745. The fourth-order valence-electron chi connectivity index (χ4n) is 1.96. The average molecular weight is 208 g/mol. The van der Waals surface area contributed by atoms with Crippen LogP contribution in [0.3, 0.4) is 0 Å². The van der Waals surface area contributed by atoms with Crippen molar-refractivity contribution in [3.05, 3.63) is 17.7 Å². The summed E-state index contributed by atoms with van der Waals surface area (Å²) in [7, 11) is 0. The average Bonchev–Trinajstić information content (AvgIpc) is 2.59. The highest BCUT2D eigenvalue weighted by Gasteiger charge is 2.23. The van der Waals surface area contributed by atoms with Gasteiger partial charge in [0.25, 0.3) is 0 Å². The number of hydrogen-bond acceptors (Lipinski definition) is 2. The van der Waals surface area contributed by atoms with E-state index >= 15 is 0 Å². The van der Waals surface area contributed by atoms with Crippen molar-refractivity contribution in [3.63, 3.8) is 0 Å². The molecule has 2 N–H and O–H groups in total. The van der Waals surface area contributed by atoms with Gasteiger partial charge >= 0.3 is 6.03 Å². The number of fused-ring (bicyclic) bond motifs is 1. The van der Waals surface area contributed by atoms with Crippen LogP contribution in [-0.2, 0) is 13.0 Å². The number of imidazole rings is 1. The highest BCUT2D eigenvalue weighted by atomic mass is 16.2. The molecule has 1 aromatic heterocycles. The summed E-state index contributed by atoms with van der Waals surface area (Å²) in [4.78, 5) is 17.0. The molecule has 0 unspecified atom stereocenters. The number of rotatable bonds is 1. The fourth-order valence-corrected chi connectivity index (χ4v) is 1.96. The third kappa shape index (κ3) is 1.69. The Bertz CT molecular complexity index is 383. The predicted molar refractivity (Wildman–Crippen MR) is 56.3 cm³/mol. The Morgan fingerprint density at radius 2 is 2.33 bits per heavy atom. The van der Waals surface area contributed by atoms with Crippen LogP contribution in [-0.4, -0.2) is 27.0 Å². The van der Waals surface area contributed by atoms with E-state index in [0.717, 1.165) is 12.1 Å². The van der Waals surface area contributed by atoms with Crippen molar-refractivity contribution in [1.29, 1.82) is 0 Å². The molecule has 0 saturated carbocycles. The van der Waals surface area contributed by atoms with Crippen molar-refractivity contribution in [1.82, 2.24) is 14.5 Å². The molecule has 2 heterocycles. The monoisotopic (exact) mass is 208 g/mol. The van der Waals surface area contributed by atoms with E-state index in [4.69, 9.17) is 5.73 Å². The number of aromatic nitrogens is 2. The first-order valence-corrected chi connectivity index (χ1v) is 5.18. The lowest BCUT2D eigenvalue weighted by molar-refractivity contribution is 0.200. The van der Waals surface area contributed by atoms with E-state index in [1.807, 2.05) is 6.33 Å². The van der Waals surface area contributed by atoms with E-state index in [1.54, 1.807) is 4.90 Å². The minimum atomic E-state index is -0.361. The van der Waals surface area contributed by atoms with Gasteiger partial charge in [-0.2, -0.15) is 0 Å². The van der Waals surface area contributed by atoms with Crippen LogP contribution in [0.2, 0.25) is 0 Å². The molecule has 2 amide bonds. The van der Waals surface area contributed by atoms with Crippen molar-refractivity contribution >= 4 is 6.03 Å². The molecule has 0 aromatic carbocycles. The topological polar surface area (TPSA) is 64.2 Å². The standard InChI is InChI=1S/C10H16N4O/c1-7(2)14-6-12-8-5-13(10(11)15)4-3-9(8)14/h6-7H,3-5H2,1-2H3,(H2,11,15). The molecule has 1 aliphatic heterocycles. The fraction of sp³-hybridized carbons (Fsp3) is 0.600. The van der Waals surface area contributed by atoms with Crippen molar-refractivity contribution < 1.29 is 4.79 Å². The van der Waals surface area contributed by atoms with Crippen LogP contribution in [0.25, 0.3) is 0 Å². The summed E-state index contributed by atoms with van der Waals surface area (Å²) in [6.45, 7) is 5.50. The number of carbonyl (C=O) groups is 1. The Labute approximate surface area is 88.9 Å². The molecule has 0 aliphatic carbocycles. The second kappa shape index (κ2) is 3.56. The normalized spacial score (nSPS) is 15.5. The van der Waals surface area contributed by atoms with E-state index in [1.165, 1.54) is 5.69 Å². The molecule has 0 fully saturated rings. The van der Waals surface area contributed by atoms with Crippen LogP contribution in [0.5, 0.6) is 0 Å². The Hall–Kier alpha value is -1.52. The molecule has 15 heavy (non-hydrogen) atoms. The minimum absolute atomic E-state index is 0.361. The Morgan fingerprint density at radius 1 is 1.60 bits per heavy atom. The van der Waals surface area contributed by atoms with Gasteiger partial charge in [-0.05, 0) is 13.8 Å².